The molecule has 26 heavy (non-hydrogen) atoms. The summed E-state index contributed by atoms with van der Waals surface area (Å²) < 4.78 is 5.66. The van der Waals surface area contributed by atoms with Crippen LogP contribution in [0.1, 0.15) is 10.6 Å². The summed E-state index contributed by atoms with van der Waals surface area (Å²) in [5.74, 6) is 0.690. The summed E-state index contributed by atoms with van der Waals surface area (Å²) in [6.45, 7) is 2.15. The molecule has 6 nitrogen and oxygen atoms in total. The van der Waals surface area contributed by atoms with E-state index < -0.39 is 6.03 Å². The van der Waals surface area contributed by atoms with Gasteiger partial charge in [0.05, 0.1) is 0 Å². The van der Waals surface area contributed by atoms with Crippen molar-refractivity contribution in [1.29, 1.82) is 0 Å². The maximum absolute atomic E-state index is 12.0. The predicted octanol–water partition coefficient (Wildman–Crippen LogP) is 5.38. The lowest BCUT2D eigenvalue weighted by Crippen LogP contribution is -2.19. The van der Waals surface area contributed by atoms with Gasteiger partial charge in [0.2, 0.25) is 5.13 Å². The Morgan fingerprint density at radius 2 is 2.00 bits per heavy atom. The van der Waals surface area contributed by atoms with Gasteiger partial charge in [-0.05, 0) is 48.9 Å². The molecule has 9 heteroatoms. The van der Waals surface area contributed by atoms with Gasteiger partial charge in [0.15, 0.2) is 5.01 Å². The van der Waals surface area contributed by atoms with Crippen molar-refractivity contribution in [2.24, 2.45) is 0 Å². The SMILES string of the molecule is Cc1cc(OCc2nnc(NC(=O)Nc3cccc(Cl)c3)s2)ccc1Cl. The fraction of sp³-hybridized carbons (Fsp3) is 0.118. The lowest BCUT2D eigenvalue weighted by Gasteiger charge is -2.05. The third-order valence-electron chi connectivity index (χ3n) is 3.26. The van der Waals surface area contributed by atoms with Gasteiger partial charge in [-0.2, -0.15) is 0 Å². The summed E-state index contributed by atoms with van der Waals surface area (Å²) in [5, 5.41) is 15.5. The zero-order valence-electron chi connectivity index (χ0n) is 13.6. The molecule has 2 aromatic carbocycles. The average Bonchev–Trinajstić information content (AvgIpc) is 3.03. The first-order chi connectivity index (χ1) is 12.5. The Morgan fingerprint density at radius 1 is 1.15 bits per heavy atom. The molecular formula is C17H14Cl2N4O2S. The fourth-order valence-corrected chi connectivity index (χ4v) is 3.00. The number of aromatic nitrogens is 2. The van der Waals surface area contributed by atoms with Crippen LogP contribution >= 0.6 is 34.5 Å². The van der Waals surface area contributed by atoms with Crippen LogP contribution < -0.4 is 15.4 Å². The number of carbonyl (C=O) groups excluding carboxylic acids is 1. The maximum Gasteiger partial charge on any atom is 0.325 e. The zero-order valence-corrected chi connectivity index (χ0v) is 16.0. The highest BCUT2D eigenvalue weighted by Gasteiger charge is 2.09. The smallest absolute Gasteiger partial charge is 0.325 e. The number of amides is 2. The first kappa shape index (κ1) is 18.4. The minimum Gasteiger partial charge on any atom is -0.486 e. The molecule has 0 saturated carbocycles. The van der Waals surface area contributed by atoms with Crippen molar-refractivity contribution in [3.8, 4) is 5.75 Å². The Labute approximate surface area is 164 Å². The molecule has 0 aliphatic heterocycles. The van der Waals surface area contributed by atoms with Gasteiger partial charge in [-0.3, -0.25) is 5.32 Å². The zero-order chi connectivity index (χ0) is 18.5. The molecule has 0 aliphatic carbocycles. The molecule has 1 aromatic heterocycles. The van der Waals surface area contributed by atoms with Crippen molar-refractivity contribution in [2.45, 2.75) is 13.5 Å². The van der Waals surface area contributed by atoms with Crippen molar-refractivity contribution in [1.82, 2.24) is 10.2 Å². The first-order valence-electron chi connectivity index (χ1n) is 7.54. The molecule has 3 rings (SSSR count). The van der Waals surface area contributed by atoms with Crippen LogP contribution in [0.15, 0.2) is 42.5 Å². The van der Waals surface area contributed by atoms with Crippen molar-refractivity contribution in [3.05, 3.63) is 63.1 Å². The number of ether oxygens (including phenoxy) is 1. The number of nitrogens with one attached hydrogen (secondary N) is 2. The Morgan fingerprint density at radius 3 is 2.77 bits per heavy atom. The molecular weight excluding hydrogens is 395 g/mol. The highest BCUT2D eigenvalue weighted by atomic mass is 35.5. The van der Waals surface area contributed by atoms with Crippen molar-refractivity contribution in [2.75, 3.05) is 10.6 Å². The van der Waals surface area contributed by atoms with Gasteiger partial charge < -0.3 is 10.1 Å². The van der Waals surface area contributed by atoms with E-state index in [9.17, 15) is 4.79 Å². The number of benzene rings is 2. The molecule has 3 aromatic rings. The summed E-state index contributed by atoms with van der Waals surface area (Å²) in [6.07, 6.45) is 0. The lowest BCUT2D eigenvalue weighted by molar-refractivity contribution is 0.262. The minimum atomic E-state index is -0.427. The number of nitrogens with zero attached hydrogens (tertiary/aromatic N) is 2. The van der Waals surface area contributed by atoms with Crippen LogP contribution in [0.25, 0.3) is 0 Å². The van der Waals surface area contributed by atoms with Gasteiger partial charge in [-0.1, -0.05) is 40.6 Å². The molecule has 2 N–H and O–H groups in total. The number of halogens is 2. The number of anilines is 2. The summed E-state index contributed by atoms with van der Waals surface area (Å²) in [5.41, 5.74) is 1.52. The molecule has 134 valence electrons. The van der Waals surface area contributed by atoms with Crippen LogP contribution in [0.4, 0.5) is 15.6 Å². The highest BCUT2D eigenvalue weighted by molar-refractivity contribution is 7.15. The second-order valence-electron chi connectivity index (χ2n) is 5.29. The Bertz CT molecular complexity index is 933. The number of carbonyl (C=O) groups is 1. The van der Waals surface area contributed by atoms with E-state index in [2.05, 4.69) is 20.8 Å². The maximum atomic E-state index is 12.0. The summed E-state index contributed by atoms with van der Waals surface area (Å²) >= 11 is 13.1. The summed E-state index contributed by atoms with van der Waals surface area (Å²) in [6, 6.07) is 11.8. The Kier molecular flexibility index (Phi) is 5.92. The normalized spacial score (nSPS) is 10.4. The lowest BCUT2D eigenvalue weighted by atomic mass is 10.2. The van der Waals surface area contributed by atoms with E-state index in [1.54, 1.807) is 36.4 Å². The minimum absolute atomic E-state index is 0.246. The van der Waals surface area contributed by atoms with Crippen molar-refractivity contribution < 1.29 is 9.53 Å². The summed E-state index contributed by atoms with van der Waals surface area (Å²) in [4.78, 5) is 12.0. The number of urea groups is 1. The standard InChI is InChI=1S/C17H14Cl2N4O2S/c1-10-7-13(5-6-14(10)19)25-9-15-22-23-17(26-15)21-16(24)20-12-4-2-3-11(18)8-12/h2-8H,9H2,1H3,(H2,20,21,23,24). The molecule has 0 aliphatic rings. The second kappa shape index (κ2) is 8.35. The first-order valence-corrected chi connectivity index (χ1v) is 9.12. The van der Waals surface area contributed by atoms with Crippen LogP contribution in [-0.2, 0) is 6.61 Å². The molecule has 2 amide bonds. The van der Waals surface area contributed by atoms with E-state index in [-0.39, 0.29) is 6.61 Å². The largest absolute Gasteiger partial charge is 0.486 e. The molecule has 0 atom stereocenters. The van der Waals surface area contributed by atoms with E-state index in [1.807, 2.05) is 13.0 Å². The Hall–Kier alpha value is -2.35. The quantitative estimate of drug-likeness (QED) is 0.594. The molecule has 0 spiro atoms. The highest BCUT2D eigenvalue weighted by Crippen LogP contribution is 2.23. The van der Waals surface area contributed by atoms with Gasteiger partial charge >= 0.3 is 6.03 Å². The van der Waals surface area contributed by atoms with Gasteiger partial charge in [0, 0.05) is 15.7 Å². The third kappa shape index (κ3) is 5.08. The third-order valence-corrected chi connectivity index (χ3v) is 4.73. The molecule has 0 saturated heterocycles. The van der Waals surface area contributed by atoms with Crippen LogP contribution in [0.5, 0.6) is 5.75 Å². The van der Waals surface area contributed by atoms with Crippen LogP contribution in [0, 0.1) is 6.92 Å². The summed E-state index contributed by atoms with van der Waals surface area (Å²) in [7, 11) is 0. The van der Waals surface area contributed by atoms with Gasteiger partial charge in [0.25, 0.3) is 0 Å². The van der Waals surface area contributed by atoms with Crippen LogP contribution in [-0.4, -0.2) is 16.2 Å². The van der Waals surface area contributed by atoms with Crippen LogP contribution in [0.2, 0.25) is 10.0 Å². The van der Waals surface area contributed by atoms with Crippen molar-refractivity contribution in [3.63, 3.8) is 0 Å². The molecule has 0 fully saturated rings. The van der Waals surface area contributed by atoms with Gasteiger partial charge in [0.1, 0.15) is 12.4 Å². The van der Waals surface area contributed by atoms with E-state index in [4.69, 9.17) is 27.9 Å². The van der Waals surface area contributed by atoms with E-state index in [0.29, 0.717) is 31.6 Å². The van der Waals surface area contributed by atoms with E-state index >= 15 is 0 Å². The number of hydrogen-bond donors (Lipinski definition) is 2. The van der Waals surface area contributed by atoms with E-state index in [0.717, 1.165) is 5.56 Å². The van der Waals surface area contributed by atoms with Gasteiger partial charge in [-0.15, -0.1) is 10.2 Å². The molecule has 1 heterocycles. The topological polar surface area (TPSA) is 76.1 Å². The monoisotopic (exact) mass is 408 g/mol. The fourth-order valence-electron chi connectivity index (χ4n) is 2.04. The molecule has 0 radical (unpaired) electrons. The number of hydrogen-bond acceptors (Lipinski definition) is 5. The second-order valence-corrected chi connectivity index (χ2v) is 7.20. The van der Waals surface area contributed by atoms with Gasteiger partial charge in [-0.25, -0.2) is 4.79 Å². The van der Waals surface area contributed by atoms with Crippen LogP contribution in [0.3, 0.4) is 0 Å². The van der Waals surface area contributed by atoms with Crippen molar-refractivity contribution >= 4 is 51.4 Å². The molecule has 0 unspecified atom stereocenters. The number of rotatable bonds is 5. The predicted molar refractivity (Wildman–Crippen MR) is 105 cm³/mol. The number of aryl methyl sites for hydroxylation is 1. The Balaban J connectivity index is 1.54. The molecule has 0 bridgehead atoms. The van der Waals surface area contributed by atoms with E-state index in [1.165, 1.54) is 11.3 Å². The average molecular weight is 409 g/mol.